The zero-order valence-electron chi connectivity index (χ0n) is 11.1. The molecule has 1 aliphatic carbocycles. The third kappa shape index (κ3) is 3.60. The Kier molecular flexibility index (Phi) is 4.07. The highest BCUT2D eigenvalue weighted by molar-refractivity contribution is 5.15. The monoisotopic (exact) mass is 251 g/mol. The fourth-order valence-corrected chi connectivity index (χ4v) is 1.98. The van der Waals surface area contributed by atoms with Gasteiger partial charge in [-0.05, 0) is 31.7 Å². The highest BCUT2D eigenvalue weighted by Gasteiger charge is 2.29. The van der Waals surface area contributed by atoms with Crippen molar-refractivity contribution in [1.82, 2.24) is 4.90 Å². The van der Waals surface area contributed by atoms with Gasteiger partial charge in [-0.25, -0.2) is 0 Å². The molecular weight excluding hydrogens is 230 g/mol. The number of nitrogens with zero attached hydrogens (tertiary/aromatic N) is 1. The van der Waals surface area contributed by atoms with Gasteiger partial charge in [0.05, 0.1) is 6.54 Å². The number of rotatable bonds is 6. The molecule has 1 N–H and O–H groups in total. The van der Waals surface area contributed by atoms with Crippen LogP contribution in [0.15, 0.2) is 21.5 Å². The zero-order chi connectivity index (χ0) is 13.1. The maximum absolute atomic E-state index is 11.3. The summed E-state index contributed by atoms with van der Waals surface area (Å²) in [5.74, 6) is 0.991. The third-order valence-electron chi connectivity index (χ3n) is 3.28. The normalized spacial score (nSPS) is 15.6. The maximum Gasteiger partial charge on any atom is 0.226 e. The lowest BCUT2D eigenvalue weighted by Crippen LogP contribution is -2.27. The molecule has 0 bridgehead atoms. The highest BCUT2D eigenvalue weighted by Crippen LogP contribution is 2.28. The van der Waals surface area contributed by atoms with E-state index in [0.717, 1.165) is 19.2 Å². The molecule has 1 heterocycles. The molecule has 0 saturated heterocycles. The van der Waals surface area contributed by atoms with Crippen molar-refractivity contribution in [2.75, 3.05) is 6.54 Å². The van der Waals surface area contributed by atoms with E-state index in [4.69, 9.17) is 9.52 Å². The van der Waals surface area contributed by atoms with Crippen LogP contribution in [0.1, 0.15) is 38.9 Å². The minimum Gasteiger partial charge on any atom is -0.502 e. The summed E-state index contributed by atoms with van der Waals surface area (Å²) < 4.78 is 5.26. The predicted octanol–water partition coefficient (Wildman–Crippen LogP) is 2.36. The lowest BCUT2D eigenvalue weighted by atomic mass is 10.1. The second kappa shape index (κ2) is 5.57. The number of hydrogen-bond acceptors (Lipinski definition) is 4. The van der Waals surface area contributed by atoms with Crippen molar-refractivity contribution in [3.05, 3.63) is 28.3 Å². The summed E-state index contributed by atoms with van der Waals surface area (Å²) >= 11 is 0. The average molecular weight is 251 g/mol. The Bertz CT molecular complexity index is 449. The standard InChI is InChI=1S/C14H21NO3/c1-10(2)5-6-15(11-3-4-11)8-12-7-13(16)14(17)9-18-12/h7,9-11,17H,3-6,8H2,1-2H3. The Morgan fingerprint density at radius 2 is 2.22 bits per heavy atom. The third-order valence-corrected chi connectivity index (χ3v) is 3.28. The molecule has 4 nitrogen and oxygen atoms in total. The van der Waals surface area contributed by atoms with Gasteiger partial charge in [-0.2, -0.15) is 0 Å². The van der Waals surface area contributed by atoms with Crippen molar-refractivity contribution < 1.29 is 9.52 Å². The summed E-state index contributed by atoms with van der Waals surface area (Å²) in [5.41, 5.74) is -0.365. The molecule has 1 fully saturated rings. The van der Waals surface area contributed by atoms with Gasteiger partial charge >= 0.3 is 0 Å². The Morgan fingerprint density at radius 1 is 1.50 bits per heavy atom. The fraction of sp³-hybridized carbons (Fsp3) is 0.643. The predicted molar refractivity (Wildman–Crippen MR) is 69.5 cm³/mol. The molecule has 1 aliphatic rings. The van der Waals surface area contributed by atoms with Crippen LogP contribution in [0.5, 0.6) is 5.75 Å². The maximum atomic E-state index is 11.3. The van der Waals surface area contributed by atoms with E-state index in [1.807, 2.05) is 0 Å². The highest BCUT2D eigenvalue weighted by atomic mass is 16.4. The van der Waals surface area contributed by atoms with Crippen LogP contribution < -0.4 is 5.43 Å². The van der Waals surface area contributed by atoms with E-state index in [0.29, 0.717) is 24.3 Å². The minimum atomic E-state index is -0.365. The molecule has 18 heavy (non-hydrogen) atoms. The van der Waals surface area contributed by atoms with Gasteiger partial charge in [-0.1, -0.05) is 13.8 Å². The van der Waals surface area contributed by atoms with Crippen LogP contribution in [-0.2, 0) is 6.54 Å². The quantitative estimate of drug-likeness (QED) is 0.843. The molecule has 0 radical (unpaired) electrons. The second-order valence-electron chi connectivity index (χ2n) is 5.48. The second-order valence-corrected chi connectivity index (χ2v) is 5.48. The van der Waals surface area contributed by atoms with Crippen molar-refractivity contribution in [1.29, 1.82) is 0 Å². The summed E-state index contributed by atoms with van der Waals surface area (Å²) in [4.78, 5) is 13.7. The minimum absolute atomic E-state index is 0.320. The first-order chi connectivity index (χ1) is 8.56. The summed E-state index contributed by atoms with van der Waals surface area (Å²) in [6.07, 6.45) is 4.75. The molecule has 0 unspecified atom stereocenters. The first kappa shape index (κ1) is 13.1. The Labute approximate surface area is 107 Å². The molecule has 1 aromatic heterocycles. The van der Waals surface area contributed by atoms with E-state index in [-0.39, 0.29) is 11.2 Å². The Hall–Kier alpha value is -1.29. The smallest absolute Gasteiger partial charge is 0.226 e. The number of hydrogen-bond donors (Lipinski definition) is 1. The molecule has 0 aromatic carbocycles. The molecule has 0 amide bonds. The summed E-state index contributed by atoms with van der Waals surface area (Å²) in [7, 11) is 0. The van der Waals surface area contributed by atoms with Crippen LogP contribution in [0.4, 0.5) is 0 Å². The Morgan fingerprint density at radius 3 is 2.78 bits per heavy atom. The van der Waals surface area contributed by atoms with E-state index in [2.05, 4.69) is 18.7 Å². The van der Waals surface area contributed by atoms with Gasteiger partial charge in [0.25, 0.3) is 0 Å². The van der Waals surface area contributed by atoms with E-state index >= 15 is 0 Å². The Balaban J connectivity index is 1.99. The van der Waals surface area contributed by atoms with Gasteiger partial charge in [0, 0.05) is 12.1 Å². The SMILES string of the molecule is CC(C)CCN(Cc1cc(=O)c(O)co1)C1CC1. The number of aromatic hydroxyl groups is 1. The molecule has 0 atom stereocenters. The van der Waals surface area contributed by atoms with Gasteiger partial charge in [0.2, 0.25) is 5.43 Å². The first-order valence-corrected chi connectivity index (χ1v) is 6.61. The van der Waals surface area contributed by atoms with Crippen molar-refractivity contribution in [2.24, 2.45) is 5.92 Å². The van der Waals surface area contributed by atoms with Crippen LogP contribution >= 0.6 is 0 Å². The van der Waals surface area contributed by atoms with Crippen LogP contribution in [0.2, 0.25) is 0 Å². The van der Waals surface area contributed by atoms with Crippen molar-refractivity contribution >= 4 is 0 Å². The average Bonchev–Trinajstić information content (AvgIpc) is 3.13. The summed E-state index contributed by atoms with van der Waals surface area (Å²) in [6.45, 7) is 6.12. The van der Waals surface area contributed by atoms with Crippen LogP contribution in [0.25, 0.3) is 0 Å². The molecule has 1 aromatic rings. The van der Waals surface area contributed by atoms with Gasteiger partial charge in [-0.15, -0.1) is 0 Å². The lowest BCUT2D eigenvalue weighted by Gasteiger charge is -2.22. The first-order valence-electron chi connectivity index (χ1n) is 6.61. The van der Waals surface area contributed by atoms with Crippen LogP contribution in [-0.4, -0.2) is 22.6 Å². The molecule has 100 valence electrons. The molecule has 2 rings (SSSR count). The van der Waals surface area contributed by atoms with Crippen LogP contribution in [0.3, 0.4) is 0 Å². The van der Waals surface area contributed by atoms with E-state index in [1.165, 1.54) is 18.9 Å². The van der Waals surface area contributed by atoms with E-state index < -0.39 is 0 Å². The fourth-order valence-electron chi connectivity index (χ4n) is 1.98. The summed E-state index contributed by atoms with van der Waals surface area (Å²) in [6, 6.07) is 2.03. The van der Waals surface area contributed by atoms with Gasteiger partial charge in [0.1, 0.15) is 12.0 Å². The lowest BCUT2D eigenvalue weighted by molar-refractivity contribution is 0.218. The topological polar surface area (TPSA) is 53.7 Å². The molecule has 4 heteroatoms. The van der Waals surface area contributed by atoms with Gasteiger partial charge < -0.3 is 9.52 Å². The van der Waals surface area contributed by atoms with Crippen molar-refractivity contribution in [3.63, 3.8) is 0 Å². The largest absolute Gasteiger partial charge is 0.502 e. The molecule has 0 aliphatic heterocycles. The molecular formula is C14H21NO3. The van der Waals surface area contributed by atoms with E-state index in [9.17, 15) is 4.79 Å². The van der Waals surface area contributed by atoms with Gasteiger partial charge in [0.15, 0.2) is 5.75 Å². The van der Waals surface area contributed by atoms with Gasteiger partial charge in [-0.3, -0.25) is 9.69 Å². The van der Waals surface area contributed by atoms with Crippen molar-refractivity contribution in [3.8, 4) is 5.75 Å². The zero-order valence-corrected chi connectivity index (χ0v) is 11.1. The molecule has 1 saturated carbocycles. The van der Waals surface area contributed by atoms with E-state index in [1.54, 1.807) is 0 Å². The molecule has 0 spiro atoms. The van der Waals surface area contributed by atoms with Crippen molar-refractivity contribution in [2.45, 2.75) is 45.7 Å². The summed E-state index contributed by atoms with van der Waals surface area (Å²) in [5, 5.41) is 9.16. The van der Waals surface area contributed by atoms with Crippen LogP contribution in [0, 0.1) is 5.92 Å².